The van der Waals surface area contributed by atoms with Crippen molar-refractivity contribution in [1.82, 2.24) is 14.6 Å². The molecule has 0 saturated carbocycles. The molecule has 1 atom stereocenters. The number of esters is 1. The number of carbonyl (C=O) groups is 1. The van der Waals surface area contributed by atoms with E-state index in [0.29, 0.717) is 34.3 Å². The Labute approximate surface area is 288 Å². The molecule has 3 heterocycles. The summed E-state index contributed by atoms with van der Waals surface area (Å²) in [7, 11) is 1.38. The van der Waals surface area contributed by atoms with E-state index >= 15 is 0 Å². The minimum absolute atomic E-state index is 0.0278. The number of aryl methyl sites for hydroxylation is 1. The Morgan fingerprint density at radius 3 is 2.50 bits per heavy atom. The standard InChI is InChI=1S/C39H45ClN4O4/c1-9-11-17-39(7)18-20-43(21-19-39)36-34(35(37(45)46-8)48-38(4,5)6)26(3)41-33-25-31(42-44(33)36)28-14-12-13-27(23-28)30-24-29(40)15-16-32(30)47-22-10-2/h9-17,23-25,35H,1-2,18-22H2,3-8H3. The first-order valence-corrected chi connectivity index (χ1v) is 16.6. The van der Waals surface area contributed by atoms with Crippen LogP contribution in [-0.4, -0.2) is 53.0 Å². The molecule has 0 aliphatic carbocycles. The first kappa shape index (κ1) is 34.9. The third-order valence-corrected chi connectivity index (χ3v) is 8.80. The van der Waals surface area contributed by atoms with Crippen LogP contribution >= 0.6 is 11.6 Å². The summed E-state index contributed by atoms with van der Waals surface area (Å²) in [4.78, 5) is 20.7. The molecule has 1 unspecified atom stereocenters. The van der Waals surface area contributed by atoms with Crippen molar-refractivity contribution in [1.29, 1.82) is 0 Å². The number of benzene rings is 2. The summed E-state index contributed by atoms with van der Waals surface area (Å²) < 4.78 is 19.5. The van der Waals surface area contributed by atoms with E-state index in [1.54, 1.807) is 6.08 Å². The van der Waals surface area contributed by atoms with Gasteiger partial charge in [-0.25, -0.2) is 9.78 Å². The van der Waals surface area contributed by atoms with Gasteiger partial charge >= 0.3 is 5.97 Å². The predicted molar refractivity (Wildman–Crippen MR) is 194 cm³/mol. The smallest absolute Gasteiger partial charge is 0.339 e. The lowest BCUT2D eigenvalue weighted by Crippen LogP contribution is -2.40. The number of anilines is 1. The largest absolute Gasteiger partial charge is 0.489 e. The second-order valence-electron chi connectivity index (χ2n) is 13.4. The van der Waals surface area contributed by atoms with Gasteiger partial charge in [0.15, 0.2) is 11.8 Å². The molecular formula is C39H45ClN4O4. The normalized spacial score (nSPS) is 15.4. The van der Waals surface area contributed by atoms with Crippen molar-refractivity contribution in [3.8, 4) is 28.1 Å². The second-order valence-corrected chi connectivity index (χ2v) is 13.9. The summed E-state index contributed by atoms with van der Waals surface area (Å²) in [6.45, 7) is 19.5. The van der Waals surface area contributed by atoms with Crippen molar-refractivity contribution >= 4 is 29.0 Å². The van der Waals surface area contributed by atoms with E-state index in [2.05, 4.69) is 37.1 Å². The van der Waals surface area contributed by atoms with Crippen molar-refractivity contribution in [2.45, 2.75) is 59.2 Å². The maximum Gasteiger partial charge on any atom is 0.339 e. The van der Waals surface area contributed by atoms with Crippen LogP contribution in [0, 0.1) is 12.3 Å². The number of hydrogen-bond donors (Lipinski definition) is 0. The number of halogens is 1. The zero-order chi connectivity index (χ0) is 34.6. The van der Waals surface area contributed by atoms with Gasteiger partial charge in [-0.15, -0.1) is 0 Å². The molecular weight excluding hydrogens is 624 g/mol. The Kier molecular flexibility index (Phi) is 10.5. The summed E-state index contributed by atoms with van der Waals surface area (Å²) in [5.41, 5.74) is 4.84. The molecule has 1 aliphatic rings. The van der Waals surface area contributed by atoms with Crippen molar-refractivity contribution in [2.75, 3.05) is 31.7 Å². The number of ether oxygens (including phenoxy) is 3. The Morgan fingerprint density at radius 2 is 1.83 bits per heavy atom. The highest BCUT2D eigenvalue weighted by molar-refractivity contribution is 6.31. The van der Waals surface area contributed by atoms with E-state index in [1.807, 2.05) is 86.8 Å². The fourth-order valence-electron chi connectivity index (χ4n) is 6.10. The van der Waals surface area contributed by atoms with Gasteiger partial charge < -0.3 is 19.1 Å². The monoisotopic (exact) mass is 668 g/mol. The molecule has 0 radical (unpaired) electrons. The fourth-order valence-corrected chi connectivity index (χ4v) is 6.27. The molecule has 4 aromatic rings. The molecule has 2 aromatic carbocycles. The zero-order valence-corrected chi connectivity index (χ0v) is 29.5. The summed E-state index contributed by atoms with van der Waals surface area (Å²) in [6, 6.07) is 15.7. The number of aromatic nitrogens is 3. The van der Waals surface area contributed by atoms with Gasteiger partial charge in [-0.05, 0) is 75.8 Å². The molecule has 9 heteroatoms. The first-order valence-electron chi connectivity index (χ1n) is 16.2. The van der Waals surface area contributed by atoms with Gasteiger partial charge in [0.05, 0.1) is 24.0 Å². The summed E-state index contributed by atoms with van der Waals surface area (Å²) >= 11 is 6.42. The van der Waals surface area contributed by atoms with E-state index in [-0.39, 0.29) is 5.41 Å². The topological polar surface area (TPSA) is 78.2 Å². The van der Waals surface area contributed by atoms with E-state index in [4.69, 9.17) is 35.9 Å². The van der Waals surface area contributed by atoms with Crippen LogP contribution < -0.4 is 9.64 Å². The van der Waals surface area contributed by atoms with Gasteiger partial charge in [-0.1, -0.05) is 74.2 Å². The number of methoxy groups -OCH3 is 1. The van der Waals surface area contributed by atoms with Crippen molar-refractivity contribution in [2.24, 2.45) is 5.41 Å². The van der Waals surface area contributed by atoms with Crippen LogP contribution in [0.1, 0.15) is 57.9 Å². The molecule has 1 fully saturated rings. The molecule has 0 spiro atoms. The van der Waals surface area contributed by atoms with Crippen molar-refractivity contribution in [3.05, 3.63) is 102 Å². The highest BCUT2D eigenvalue weighted by atomic mass is 35.5. The van der Waals surface area contributed by atoms with Gasteiger partial charge in [0.2, 0.25) is 0 Å². The van der Waals surface area contributed by atoms with E-state index in [9.17, 15) is 4.79 Å². The molecule has 252 valence electrons. The third kappa shape index (κ3) is 7.66. The SMILES string of the molecule is C=CC=CC1(C)CCN(c2c(C(OC(C)(C)C)C(=O)OC)c(C)nc3cc(-c4cccc(-c5cc(Cl)ccc5OCC=C)c4)nn23)CC1. The molecule has 5 rings (SSSR count). The maximum atomic E-state index is 13.4. The number of carbonyl (C=O) groups excluding carboxylic acids is 1. The van der Waals surface area contributed by atoms with Gasteiger partial charge in [-0.3, -0.25) is 0 Å². The van der Waals surface area contributed by atoms with Gasteiger partial charge in [0, 0.05) is 41.0 Å². The minimum Gasteiger partial charge on any atom is -0.489 e. The number of piperidine rings is 1. The molecule has 48 heavy (non-hydrogen) atoms. The molecule has 1 saturated heterocycles. The quantitative estimate of drug-likeness (QED) is 0.0897. The van der Waals surface area contributed by atoms with Gasteiger partial charge in [0.1, 0.15) is 18.2 Å². The summed E-state index contributed by atoms with van der Waals surface area (Å²) in [5, 5.41) is 5.75. The van der Waals surface area contributed by atoms with Gasteiger partial charge in [0.25, 0.3) is 0 Å². The Hall–Kier alpha value is -4.40. The number of rotatable bonds is 11. The fraction of sp³-hybridized carbons (Fsp3) is 0.359. The molecule has 1 aliphatic heterocycles. The Balaban J connectivity index is 1.66. The number of fused-ring (bicyclic) bond motifs is 1. The highest BCUT2D eigenvalue weighted by Gasteiger charge is 2.37. The zero-order valence-electron chi connectivity index (χ0n) is 28.8. The lowest BCUT2D eigenvalue weighted by Gasteiger charge is -2.40. The average Bonchev–Trinajstić information content (AvgIpc) is 3.49. The van der Waals surface area contributed by atoms with Crippen molar-refractivity contribution < 1.29 is 19.0 Å². The Morgan fingerprint density at radius 1 is 1.10 bits per heavy atom. The lowest BCUT2D eigenvalue weighted by molar-refractivity contribution is -0.164. The number of allylic oxidation sites excluding steroid dienone is 3. The predicted octanol–water partition coefficient (Wildman–Crippen LogP) is 8.97. The second kappa shape index (κ2) is 14.4. The summed E-state index contributed by atoms with van der Waals surface area (Å²) in [6.07, 6.45) is 8.61. The van der Waals surface area contributed by atoms with Gasteiger partial charge in [-0.2, -0.15) is 9.61 Å². The molecule has 8 nitrogen and oxygen atoms in total. The Bertz CT molecular complexity index is 1850. The van der Waals surface area contributed by atoms with Crippen molar-refractivity contribution in [3.63, 3.8) is 0 Å². The summed E-state index contributed by atoms with van der Waals surface area (Å²) in [5.74, 6) is 1.01. The van der Waals surface area contributed by atoms with Crippen LogP contribution in [0.25, 0.3) is 28.0 Å². The molecule has 2 aromatic heterocycles. The third-order valence-electron chi connectivity index (χ3n) is 8.56. The first-order chi connectivity index (χ1) is 22.9. The molecule has 0 N–H and O–H groups in total. The lowest BCUT2D eigenvalue weighted by atomic mass is 9.80. The van der Waals surface area contributed by atoms with E-state index in [1.165, 1.54) is 7.11 Å². The van der Waals surface area contributed by atoms with Crippen LogP contribution in [0.5, 0.6) is 5.75 Å². The number of nitrogens with zero attached hydrogens (tertiary/aromatic N) is 4. The average molecular weight is 669 g/mol. The van der Waals surface area contributed by atoms with Crippen LogP contribution in [0.3, 0.4) is 0 Å². The van der Waals surface area contributed by atoms with Crippen LogP contribution in [-0.2, 0) is 14.3 Å². The van der Waals surface area contributed by atoms with E-state index < -0.39 is 17.7 Å². The van der Waals surface area contributed by atoms with Crippen LogP contribution in [0.15, 0.2) is 86.0 Å². The molecule has 0 amide bonds. The minimum atomic E-state index is -0.997. The van der Waals surface area contributed by atoms with E-state index in [0.717, 1.165) is 54.1 Å². The molecule has 0 bridgehead atoms. The van der Waals surface area contributed by atoms with Crippen LogP contribution in [0.4, 0.5) is 5.82 Å². The maximum absolute atomic E-state index is 13.4. The highest BCUT2D eigenvalue weighted by Crippen LogP contribution is 2.41. The number of hydrogen-bond acceptors (Lipinski definition) is 7. The van der Waals surface area contributed by atoms with Crippen LogP contribution in [0.2, 0.25) is 5.02 Å².